The largest absolute Gasteiger partial charge is 0.325 e. The predicted octanol–water partition coefficient (Wildman–Crippen LogP) is 2.68. The molecule has 3 rings (SSSR count). The first-order valence-corrected chi connectivity index (χ1v) is 8.39. The summed E-state index contributed by atoms with van der Waals surface area (Å²) in [5.74, 6) is -0.197. The van der Waals surface area contributed by atoms with E-state index < -0.39 is 5.25 Å². The van der Waals surface area contributed by atoms with Crippen LogP contribution in [0.15, 0.2) is 23.2 Å². The fourth-order valence-corrected chi connectivity index (χ4v) is 3.70. The second kappa shape index (κ2) is 6.30. The lowest BCUT2D eigenvalue weighted by atomic mass is 10.2. The number of aryl methyl sites for hydroxylation is 1. The van der Waals surface area contributed by atoms with E-state index in [4.69, 9.17) is 11.6 Å². The van der Waals surface area contributed by atoms with Crippen molar-refractivity contribution in [1.29, 1.82) is 0 Å². The summed E-state index contributed by atoms with van der Waals surface area (Å²) >= 11 is 7.35. The van der Waals surface area contributed by atoms with Gasteiger partial charge in [0.1, 0.15) is 5.25 Å². The first kappa shape index (κ1) is 15.4. The Morgan fingerprint density at radius 3 is 3.09 bits per heavy atom. The first-order chi connectivity index (χ1) is 10.5. The molecule has 1 saturated heterocycles. The highest BCUT2D eigenvalue weighted by atomic mass is 35.5. The molecule has 7 heteroatoms. The van der Waals surface area contributed by atoms with Gasteiger partial charge in [-0.05, 0) is 37.1 Å². The predicted molar refractivity (Wildman–Crippen MR) is 89.4 cm³/mol. The zero-order chi connectivity index (χ0) is 15.7. The molecule has 0 radical (unpaired) electrons. The third-order valence-electron chi connectivity index (χ3n) is 3.64. The molecule has 0 saturated carbocycles. The van der Waals surface area contributed by atoms with Crippen LogP contribution >= 0.6 is 23.4 Å². The van der Waals surface area contributed by atoms with Gasteiger partial charge in [0.15, 0.2) is 5.17 Å². The summed E-state index contributed by atoms with van der Waals surface area (Å²) in [5.41, 5.74) is 1.59. The van der Waals surface area contributed by atoms with Crippen molar-refractivity contribution in [1.82, 2.24) is 4.90 Å². The number of hydrogen-bond acceptors (Lipinski definition) is 4. The van der Waals surface area contributed by atoms with E-state index in [9.17, 15) is 9.59 Å². The van der Waals surface area contributed by atoms with Gasteiger partial charge in [0, 0.05) is 30.2 Å². The summed E-state index contributed by atoms with van der Waals surface area (Å²) in [6.07, 6.45) is 1.10. The number of aliphatic imine (C=N–C) groups is 1. The van der Waals surface area contributed by atoms with E-state index in [0.29, 0.717) is 22.4 Å². The number of amides is 2. The number of carbonyl (C=O) groups excluding carboxylic acids is 2. The Labute approximate surface area is 138 Å². The van der Waals surface area contributed by atoms with Crippen LogP contribution in [0.2, 0.25) is 5.02 Å². The van der Waals surface area contributed by atoms with Crippen LogP contribution in [0.3, 0.4) is 0 Å². The Hall–Kier alpha value is -1.53. The van der Waals surface area contributed by atoms with Crippen molar-refractivity contribution in [3.8, 4) is 0 Å². The number of nitrogens with zero attached hydrogens (tertiary/aromatic N) is 2. The molecule has 2 aliphatic rings. The number of carbonyl (C=O) groups is 2. The van der Waals surface area contributed by atoms with E-state index in [1.807, 2.05) is 13.0 Å². The topological polar surface area (TPSA) is 61.8 Å². The fraction of sp³-hybridized carbons (Fsp3) is 0.400. The summed E-state index contributed by atoms with van der Waals surface area (Å²) in [7, 11) is 0. The van der Waals surface area contributed by atoms with Gasteiger partial charge in [-0.1, -0.05) is 23.4 Å². The zero-order valence-corrected chi connectivity index (χ0v) is 13.7. The molecule has 2 aliphatic heterocycles. The van der Waals surface area contributed by atoms with Crippen molar-refractivity contribution in [3.63, 3.8) is 0 Å². The molecule has 0 bridgehead atoms. The Morgan fingerprint density at radius 2 is 2.32 bits per heavy atom. The number of anilines is 1. The van der Waals surface area contributed by atoms with Crippen molar-refractivity contribution in [2.45, 2.75) is 25.0 Å². The number of thioether (sulfide) groups is 1. The summed E-state index contributed by atoms with van der Waals surface area (Å²) in [5, 5.41) is 3.75. The van der Waals surface area contributed by atoms with Gasteiger partial charge < -0.3 is 5.32 Å². The zero-order valence-electron chi connectivity index (χ0n) is 12.1. The summed E-state index contributed by atoms with van der Waals surface area (Å²) in [4.78, 5) is 30.6. The molecule has 1 aromatic rings. The van der Waals surface area contributed by atoms with Crippen LogP contribution in [0.4, 0.5) is 5.69 Å². The van der Waals surface area contributed by atoms with E-state index >= 15 is 0 Å². The number of fused-ring (bicyclic) bond motifs is 1. The molecule has 0 unspecified atom stereocenters. The number of halogens is 1. The Morgan fingerprint density at radius 1 is 1.50 bits per heavy atom. The van der Waals surface area contributed by atoms with E-state index in [1.165, 1.54) is 11.8 Å². The summed E-state index contributed by atoms with van der Waals surface area (Å²) in [6, 6.07) is 5.32. The monoisotopic (exact) mass is 337 g/mol. The number of rotatable bonds is 2. The minimum atomic E-state index is -0.434. The average molecular weight is 338 g/mol. The molecule has 0 aliphatic carbocycles. The lowest BCUT2D eigenvalue weighted by Crippen LogP contribution is -2.47. The van der Waals surface area contributed by atoms with Gasteiger partial charge in [-0.3, -0.25) is 19.5 Å². The van der Waals surface area contributed by atoms with Gasteiger partial charge in [-0.25, -0.2) is 0 Å². The highest BCUT2D eigenvalue weighted by molar-refractivity contribution is 8.15. The molecular formula is C15H16ClN3O2S. The lowest BCUT2D eigenvalue weighted by molar-refractivity contribution is -0.129. The third-order valence-corrected chi connectivity index (χ3v) is 5.29. The van der Waals surface area contributed by atoms with Crippen LogP contribution in [-0.4, -0.2) is 40.2 Å². The minimum Gasteiger partial charge on any atom is -0.325 e. The Bertz CT molecular complexity index is 662. The maximum absolute atomic E-state index is 12.4. The second-order valence-corrected chi connectivity index (χ2v) is 6.90. The number of nitrogens with one attached hydrogen (secondary N) is 1. The first-order valence-electron chi connectivity index (χ1n) is 7.13. The normalized spacial score (nSPS) is 21.2. The van der Waals surface area contributed by atoms with Crippen LogP contribution < -0.4 is 5.32 Å². The van der Waals surface area contributed by atoms with Gasteiger partial charge in [-0.15, -0.1) is 0 Å². The van der Waals surface area contributed by atoms with Gasteiger partial charge in [0.25, 0.3) is 0 Å². The Kier molecular flexibility index (Phi) is 4.40. The maximum Gasteiger partial charge on any atom is 0.238 e. The number of benzene rings is 1. The smallest absolute Gasteiger partial charge is 0.238 e. The highest BCUT2D eigenvalue weighted by Gasteiger charge is 2.36. The SMILES string of the molecule is Cc1cc(NC(=O)[C@H]2CC(=O)N3CCCN=C3S2)ccc1Cl. The summed E-state index contributed by atoms with van der Waals surface area (Å²) < 4.78 is 0. The van der Waals surface area contributed by atoms with Gasteiger partial charge in [-0.2, -0.15) is 0 Å². The van der Waals surface area contributed by atoms with Crippen molar-refractivity contribution in [2.24, 2.45) is 4.99 Å². The molecule has 116 valence electrons. The number of hydrogen-bond donors (Lipinski definition) is 1. The lowest BCUT2D eigenvalue weighted by Gasteiger charge is -2.33. The molecular weight excluding hydrogens is 322 g/mol. The van der Waals surface area contributed by atoms with Crippen molar-refractivity contribution in [3.05, 3.63) is 28.8 Å². The van der Waals surface area contributed by atoms with E-state index in [-0.39, 0.29) is 18.2 Å². The van der Waals surface area contributed by atoms with Crippen LogP contribution in [0.1, 0.15) is 18.4 Å². The standard InChI is InChI=1S/C15H16ClN3O2S/c1-9-7-10(3-4-11(9)16)18-14(21)12-8-13(20)19-6-2-5-17-15(19)22-12/h3-4,7,12H,2,5-6,8H2,1H3,(H,18,21)/t12-/m1/s1. The fourth-order valence-electron chi connectivity index (χ4n) is 2.45. The molecule has 5 nitrogen and oxygen atoms in total. The van der Waals surface area contributed by atoms with E-state index in [2.05, 4.69) is 10.3 Å². The van der Waals surface area contributed by atoms with Crippen LogP contribution in [0.25, 0.3) is 0 Å². The molecule has 1 aromatic carbocycles. The van der Waals surface area contributed by atoms with Crippen molar-refractivity contribution in [2.75, 3.05) is 18.4 Å². The number of amidine groups is 1. The molecule has 0 spiro atoms. The van der Waals surface area contributed by atoms with E-state index in [1.54, 1.807) is 17.0 Å². The molecule has 1 N–H and O–H groups in total. The van der Waals surface area contributed by atoms with Crippen LogP contribution in [0, 0.1) is 6.92 Å². The van der Waals surface area contributed by atoms with Crippen molar-refractivity contribution < 1.29 is 9.59 Å². The minimum absolute atomic E-state index is 0.0235. The second-order valence-electron chi connectivity index (χ2n) is 5.33. The van der Waals surface area contributed by atoms with Gasteiger partial charge in [0.05, 0.1) is 0 Å². The average Bonchev–Trinajstić information content (AvgIpc) is 2.51. The van der Waals surface area contributed by atoms with Crippen LogP contribution in [0.5, 0.6) is 0 Å². The molecule has 1 fully saturated rings. The molecule has 1 atom stereocenters. The molecule has 2 heterocycles. The summed E-state index contributed by atoms with van der Waals surface area (Å²) in [6.45, 7) is 3.30. The maximum atomic E-state index is 12.4. The van der Waals surface area contributed by atoms with Crippen LogP contribution in [-0.2, 0) is 9.59 Å². The van der Waals surface area contributed by atoms with E-state index in [0.717, 1.165) is 18.5 Å². The quantitative estimate of drug-likeness (QED) is 0.902. The molecule has 0 aromatic heterocycles. The van der Waals surface area contributed by atoms with Gasteiger partial charge >= 0.3 is 0 Å². The highest BCUT2D eigenvalue weighted by Crippen LogP contribution is 2.29. The van der Waals surface area contributed by atoms with Gasteiger partial charge in [0.2, 0.25) is 11.8 Å². The molecule has 2 amide bonds. The third kappa shape index (κ3) is 3.13. The van der Waals surface area contributed by atoms with Crippen molar-refractivity contribution >= 4 is 46.0 Å². The Balaban J connectivity index is 1.71. The molecule has 22 heavy (non-hydrogen) atoms.